The van der Waals surface area contributed by atoms with Crippen LogP contribution in [0.3, 0.4) is 0 Å². The number of carbonyl (C=O) groups excluding carboxylic acids is 1. The fourth-order valence-electron chi connectivity index (χ4n) is 1.37. The second kappa shape index (κ2) is 5.05. The molecule has 0 aromatic carbocycles. The van der Waals surface area contributed by atoms with Gasteiger partial charge in [0, 0.05) is 28.9 Å². The maximum atomic E-state index is 12.0. The second-order valence-electron chi connectivity index (χ2n) is 5.22. The van der Waals surface area contributed by atoms with Gasteiger partial charge in [-0.25, -0.2) is 4.98 Å². The summed E-state index contributed by atoms with van der Waals surface area (Å²) in [5, 5.41) is 0. The minimum atomic E-state index is -0.488. The maximum absolute atomic E-state index is 12.0. The van der Waals surface area contributed by atoms with E-state index in [1.807, 2.05) is 33.9 Å². The average molecular weight is 276 g/mol. The molecule has 0 spiro atoms. The molecule has 0 saturated heterocycles. The van der Waals surface area contributed by atoms with Crippen LogP contribution in [0.5, 0.6) is 0 Å². The highest BCUT2D eigenvalue weighted by Gasteiger charge is 2.21. The van der Waals surface area contributed by atoms with Crippen LogP contribution in [0.2, 0.25) is 0 Å². The van der Waals surface area contributed by atoms with Crippen molar-refractivity contribution in [3.8, 4) is 5.82 Å². The Morgan fingerprint density at radius 2 is 2.11 bits per heavy atom. The second-order valence-corrected chi connectivity index (χ2v) is 6.44. The van der Waals surface area contributed by atoms with Gasteiger partial charge in [0.05, 0.1) is 6.20 Å². The van der Waals surface area contributed by atoms with Crippen LogP contribution >= 0.6 is 11.3 Å². The molecule has 2 rings (SSSR count). The van der Waals surface area contributed by atoms with E-state index in [9.17, 15) is 4.79 Å². The Labute approximate surface area is 115 Å². The number of aryl methyl sites for hydroxylation is 1. The average Bonchev–Trinajstić information content (AvgIpc) is 2.70. The van der Waals surface area contributed by atoms with Gasteiger partial charge in [0.25, 0.3) is 5.91 Å². The summed E-state index contributed by atoms with van der Waals surface area (Å²) in [5.41, 5.74) is -0.488. The first-order valence-electron chi connectivity index (χ1n) is 5.92. The third kappa shape index (κ3) is 3.14. The summed E-state index contributed by atoms with van der Waals surface area (Å²) in [6, 6.07) is 0. The summed E-state index contributed by atoms with van der Waals surface area (Å²) < 4.78 is 1.79. The third-order valence-electron chi connectivity index (χ3n) is 2.40. The Bertz CT molecular complexity index is 649. The fourth-order valence-corrected chi connectivity index (χ4v) is 2.19. The summed E-state index contributed by atoms with van der Waals surface area (Å²) in [6.07, 6.45) is 6.78. The standard InChI is InChI=1S/C13H16N4OS/c1-9-8-17(10-7-14-5-6-15-10)12(19-9)16-11(18)13(2,3)4/h5-8H,1-4H3/b16-12-. The third-order valence-corrected chi connectivity index (χ3v) is 3.30. The molecule has 0 unspecified atom stereocenters. The quantitative estimate of drug-likeness (QED) is 0.801. The van der Waals surface area contributed by atoms with Crippen molar-refractivity contribution in [2.24, 2.45) is 10.4 Å². The molecule has 0 saturated carbocycles. The Kier molecular flexibility index (Phi) is 3.61. The first-order chi connectivity index (χ1) is 8.88. The van der Waals surface area contributed by atoms with Crippen molar-refractivity contribution in [1.29, 1.82) is 0 Å². The van der Waals surface area contributed by atoms with Gasteiger partial charge in [-0.15, -0.1) is 11.3 Å². The van der Waals surface area contributed by atoms with E-state index in [0.29, 0.717) is 10.6 Å². The van der Waals surface area contributed by atoms with Gasteiger partial charge in [0.2, 0.25) is 0 Å². The maximum Gasteiger partial charge on any atom is 0.253 e. The Hall–Kier alpha value is -1.82. The van der Waals surface area contributed by atoms with Gasteiger partial charge in [-0.1, -0.05) is 20.8 Å². The monoisotopic (exact) mass is 276 g/mol. The lowest BCUT2D eigenvalue weighted by atomic mass is 9.96. The van der Waals surface area contributed by atoms with E-state index in [2.05, 4.69) is 15.0 Å². The minimum Gasteiger partial charge on any atom is -0.275 e. The first kappa shape index (κ1) is 13.6. The van der Waals surface area contributed by atoms with Crippen LogP contribution in [-0.2, 0) is 4.79 Å². The SMILES string of the molecule is Cc1cn(-c2cnccn2)/c(=N/C(=O)C(C)(C)C)s1. The molecule has 0 N–H and O–H groups in total. The molecule has 5 nitrogen and oxygen atoms in total. The fraction of sp³-hybridized carbons (Fsp3) is 0.385. The van der Waals surface area contributed by atoms with Gasteiger partial charge in [-0.2, -0.15) is 4.99 Å². The van der Waals surface area contributed by atoms with Crippen molar-refractivity contribution in [3.63, 3.8) is 0 Å². The molecular formula is C13H16N4OS. The zero-order chi connectivity index (χ0) is 14.0. The summed E-state index contributed by atoms with van der Waals surface area (Å²) in [7, 11) is 0. The number of amides is 1. The molecule has 6 heteroatoms. The molecule has 0 aliphatic heterocycles. The Morgan fingerprint density at radius 1 is 1.37 bits per heavy atom. The molecule has 2 aromatic rings. The number of rotatable bonds is 1. The smallest absolute Gasteiger partial charge is 0.253 e. The van der Waals surface area contributed by atoms with E-state index in [0.717, 1.165) is 4.88 Å². The van der Waals surface area contributed by atoms with E-state index < -0.39 is 5.41 Å². The highest BCUT2D eigenvalue weighted by Crippen LogP contribution is 2.15. The van der Waals surface area contributed by atoms with Crippen LogP contribution in [0.1, 0.15) is 25.6 Å². The summed E-state index contributed by atoms with van der Waals surface area (Å²) in [6.45, 7) is 7.53. The van der Waals surface area contributed by atoms with Gasteiger partial charge >= 0.3 is 0 Å². The molecule has 19 heavy (non-hydrogen) atoms. The van der Waals surface area contributed by atoms with Crippen LogP contribution in [-0.4, -0.2) is 20.4 Å². The van der Waals surface area contributed by atoms with E-state index in [-0.39, 0.29) is 5.91 Å². The Morgan fingerprint density at radius 3 is 2.68 bits per heavy atom. The van der Waals surface area contributed by atoms with Gasteiger partial charge in [-0.3, -0.25) is 14.3 Å². The number of aromatic nitrogens is 3. The minimum absolute atomic E-state index is 0.146. The van der Waals surface area contributed by atoms with Crippen molar-refractivity contribution in [1.82, 2.24) is 14.5 Å². The van der Waals surface area contributed by atoms with Crippen molar-refractivity contribution in [3.05, 3.63) is 34.5 Å². The van der Waals surface area contributed by atoms with Crippen LogP contribution in [0.25, 0.3) is 5.82 Å². The molecule has 2 aromatic heterocycles. The molecule has 0 aliphatic carbocycles. The van der Waals surface area contributed by atoms with Gasteiger partial charge < -0.3 is 0 Å². The predicted octanol–water partition coefficient (Wildman–Crippen LogP) is 2.11. The summed E-state index contributed by atoms with van der Waals surface area (Å²) >= 11 is 1.46. The first-order valence-corrected chi connectivity index (χ1v) is 6.74. The lowest BCUT2D eigenvalue weighted by molar-refractivity contribution is -0.125. The zero-order valence-corrected chi connectivity index (χ0v) is 12.2. The zero-order valence-electron chi connectivity index (χ0n) is 11.4. The van der Waals surface area contributed by atoms with Crippen LogP contribution in [0.15, 0.2) is 29.8 Å². The molecule has 0 bridgehead atoms. The predicted molar refractivity (Wildman–Crippen MR) is 74.0 cm³/mol. The van der Waals surface area contributed by atoms with Gasteiger partial charge in [-0.05, 0) is 6.92 Å². The highest BCUT2D eigenvalue weighted by molar-refractivity contribution is 7.09. The molecular weight excluding hydrogens is 260 g/mol. The molecule has 0 aliphatic rings. The largest absolute Gasteiger partial charge is 0.275 e. The van der Waals surface area contributed by atoms with Crippen molar-refractivity contribution < 1.29 is 4.79 Å². The van der Waals surface area contributed by atoms with Gasteiger partial charge in [0.1, 0.15) is 0 Å². The van der Waals surface area contributed by atoms with Crippen molar-refractivity contribution in [2.75, 3.05) is 0 Å². The van der Waals surface area contributed by atoms with Crippen LogP contribution in [0.4, 0.5) is 0 Å². The number of carbonyl (C=O) groups is 1. The van der Waals surface area contributed by atoms with Gasteiger partial charge in [0.15, 0.2) is 10.6 Å². The normalized spacial score (nSPS) is 12.7. The molecule has 1 amide bonds. The van der Waals surface area contributed by atoms with Crippen molar-refractivity contribution in [2.45, 2.75) is 27.7 Å². The Balaban J connectivity index is 2.54. The summed E-state index contributed by atoms with van der Waals surface area (Å²) in [5.74, 6) is 0.513. The van der Waals surface area contributed by atoms with Crippen LogP contribution < -0.4 is 4.80 Å². The lowest BCUT2D eigenvalue weighted by Crippen LogP contribution is -2.23. The van der Waals surface area contributed by atoms with E-state index in [4.69, 9.17) is 0 Å². The topological polar surface area (TPSA) is 60.1 Å². The van der Waals surface area contributed by atoms with Crippen LogP contribution in [0, 0.1) is 12.3 Å². The van der Waals surface area contributed by atoms with E-state index >= 15 is 0 Å². The van der Waals surface area contributed by atoms with Crippen molar-refractivity contribution >= 4 is 17.2 Å². The molecule has 0 radical (unpaired) electrons. The molecule has 0 fully saturated rings. The highest BCUT2D eigenvalue weighted by atomic mass is 32.1. The van der Waals surface area contributed by atoms with E-state index in [1.165, 1.54) is 11.3 Å². The van der Waals surface area contributed by atoms with E-state index in [1.54, 1.807) is 23.2 Å². The lowest BCUT2D eigenvalue weighted by Gasteiger charge is -2.11. The number of hydrogen-bond donors (Lipinski definition) is 0. The summed E-state index contributed by atoms with van der Waals surface area (Å²) in [4.78, 5) is 26.2. The molecule has 2 heterocycles. The number of thiazole rings is 1. The molecule has 0 atom stereocenters. The molecule has 100 valence electrons. The number of nitrogens with zero attached hydrogens (tertiary/aromatic N) is 4. The number of hydrogen-bond acceptors (Lipinski definition) is 4.